The maximum Gasteiger partial charge on any atom is 0.322 e. The third-order valence-corrected chi connectivity index (χ3v) is 8.04. The molecule has 182 valence electrons. The largest absolute Gasteiger partial charge is 0.480 e. The Morgan fingerprint density at radius 2 is 1.56 bits per heavy atom. The zero-order chi connectivity index (χ0) is 23.7. The molecule has 5 rings (SSSR count). The van der Waals surface area contributed by atoms with E-state index < -0.39 is 24.0 Å². The number of fused-ring (bicyclic) bond motifs is 3. The summed E-state index contributed by atoms with van der Waals surface area (Å²) in [4.78, 5) is 44.2. The summed E-state index contributed by atoms with van der Waals surface area (Å²) in [6, 6.07) is 9.03. The molecule has 8 nitrogen and oxygen atoms in total. The van der Waals surface area contributed by atoms with Gasteiger partial charge in [0.25, 0.3) is 11.5 Å². The predicted molar refractivity (Wildman–Crippen MR) is 129 cm³/mol. The van der Waals surface area contributed by atoms with Crippen LogP contribution < -0.4 is 10.9 Å². The molecule has 2 saturated heterocycles. The van der Waals surface area contributed by atoms with Crippen LogP contribution in [-0.2, 0) is 4.79 Å². The van der Waals surface area contributed by atoms with Crippen molar-refractivity contribution < 1.29 is 14.7 Å². The molecule has 8 heteroatoms. The normalized spacial score (nSPS) is 26.2. The van der Waals surface area contributed by atoms with Gasteiger partial charge in [0.15, 0.2) is 5.69 Å². The van der Waals surface area contributed by atoms with Crippen LogP contribution in [0.1, 0.15) is 87.2 Å². The lowest BCUT2D eigenvalue weighted by atomic mass is 9.89. The summed E-state index contributed by atoms with van der Waals surface area (Å²) >= 11 is 0. The monoisotopic (exact) mass is 466 g/mol. The lowest BCUT2D eigenvalue weighted by Crippen LogP contribution is -2.50. The Kier molecular flexibility index (Phi) is 6.68. The molecule has 1 aliphatic carbocycles. The second-order valence-corrected chi connectivity index (χ2v) is 10.2. The fourth-order valence-corrected chi connectivity index (χ4v) is 6.63. The minimum absolute atomic E-state index is 0.00808. The van der Waals surface area contributed by atoms with Crippen molar-refractivity contribution >= 4 is 22.9 Å². The van der Waals surface area contributed by atoms with Gasteiger partial charge in [-0.3, -0.25) is 19.3 Å². The second-order valence-electron chi connectivity index (χ2n) is 10.2. The van der Waals surface area contributed by atoms with Crippen molar-refractivity contribution in [1.29, 1.82) is 0 Å². The smallest absolute Gasteiger partial charge is 0.322 e. The van der Waals surface area contributed by atoms with Gasteiger partial charge in [0.05, 0.1) is 11.0 Å². The van der Waals surface area contributed by atoms with Crippen LogP contribution in [-0.4, -0.2) is 56.1 Å². The Labute approximate surface area is 199 Å². The van der Waals surface area contributed by atoms with E-state index in [1.165, 1.54) is 57.8 Å². The maximum absolute atomic E-state index is 13.5. The Hall–Kier alpha value is -2.74. The number of amides is 1. The number of hydrogen-bond acceptors (Lipinski definition) is 5. The lowest BCUT2D eigenvalue weighted by Gasteiger charge is -2.45. The summed E-state index contributed by atoms with van der Waals surface area (Å²) in [5.74, 6) is -1.89. The van der Waals surface area contributed by atoms with E-state index in [1.54, 1.807) is 10.6 Å². The van der Waals surface area contributed by atoms with Crippen LogP contribution in [0.2, 0.25) is 0 Å². The molecule has 1 aromatic heterocycles. The molecule has 2 N–H and O–H groups in total. The summed E-state index contributed by atoms with van der Waals surface area (Å²) in [5.41, 5.74) is 0.670. The number of carboxylic acids is 1. The van der Waals surface area contributed by atoms with Crippen LogP contribution >= 0.6 is 0 Å². The van der Waals surface area contributed by atoms with E-state index in [1.807, 2.05) is 18.2 Å². The van der Waals surface area contributed by atoms with Crippen LogP contribution in [0, 0.1) is 0 Å². The number of aromatic nitrogens is 2. The van der Waals surface area contributed by atoms with E-state index in [9.17, 15) is 14.4 Å². The zero-order valence-electron chi connectivity index (χ0n) is 19.6. The van der Waals surface area contributed by atoms with Crippen molar-refractivity contribution in [2.75, 3.05) is 6.54 Å². The van der Waals surface area contributed by atoms with Gasteiger partial charge in [-0.25, -0.2) is 4.98 Å². The van der Waals surface area contributed by atoms with E-state index in [0.29, 0.717) is 23.6 Å². The highest BCUT2D eigenvalue weighted by atomic mass is 16.4. The first-order valence-corrected chi connectivity index (χ1v) is 12.8. The first kappa shape index (κ1) is 23.0. The molecular weight excluding hydrogens is 432 g/mol. The highest BCUT2D eigenvalue weighted by Crippen LogP contribution is 2.44. The number of aliphatic carboxylic acids is 1. The molecular formula is C26H34N4O4. The van der Waals surface area contributed by atoms with Gasteiger partial charge in [0, 0.05) is 24.2 Å². The van der Waals surface area contributed by atoms with Gasteiger partial charge in [-0.15, -0.1) is 0 Å². The Balaban J connectivity index is 1.45. The van der Waals surface area contributed by atoms with Crippen LogP contribution in [0.25, 0.3) is 11.0 Å². The molecule has 2 bridgehead atoms. The third-order valence-electron chi connectivity index (χ3n) is 8.04. The summed E-state index contributed by atoms with van der Waals surface area (Å²) in [5, 5.41) is 11.2. The molecule has 1 saturated carbocycles. The number of hydrogen-bond donors (Lipinski definition) is 2. The maximum atomic E-state index is 13.5. The number of carbonyl (C=O) groups is 2. The molecule has 1 amide bonds. The van der Waals surface area contributed by atoms with Crippen molar-refractivity contribution in [2.24, 2.45) is 0 Å². The molecule has 3 aliphatic rings. The minimum atomic E-state index is -1.16. The zero-order valence-corrected chi connectivity index (χ0v) is 19.6. The fraction of sp³-hybridized carbons (Fsp3) is 0.615. The Morgan fingerprint density at radius 1 is 0.912 bits per heavy atom. The predicted octanol–water partition coefficient (Wildman–Crippen LogP) is 3.49. The summed E-state index contributed by atoms with van der Waals surface area (Å²) < 4.78 is 1.78. The van der Waals surface area contributed by atoms with Gasteiger partial charge in [-0.1, -0.05) is 44.2 Å². The molecule has 0 radical (unpaired) electrons. The van der Waals surface area contributed by atoms with Crippen molar-refractivity contribution in [3.63, 3.8) is 0 Å². The summed E-state index contributed by atoms with van der Waals surface area (Å²) in [7, 11) is 0. The fourth-order valence-electron chi connectivity index (χ4n) is 6.63. The first-order chi connectivity index (χ1) is 16.5. The number of piperidine rings is 1. The third kappa shape index (κ3) is 4.48. The number of para-hydroxylation sites is 2. The molecule has 1 unspecified atom stereocenters. The van der Waals surface area contributed by atoms with Crippen molar-refractivity contribution in [1.82, 2.24) is 19.8 Å². The van der Waals surface area contributed by atoms with Gasteiger partial charge in [0.2, 0.25) is 0 Å². The average Bonchev–Trinajstić information content (AvgIpc) is 3.05. The van der Waals surface area contributed by atoms with Gasteiger partial charge in [-0.05, 0) is 50.7 Å². The first-order valence-electron chi connectivity index (χ1n) is 12.8. The van der Waals surface area contributed by atoms with Gasteiger partial charge >= 0.3 is 5.97 Å². The van der Waals surface area contributed by atoms with Gasteiger partial charge in [0.1, 0.15) is 6.54 Å². The SMILES string of the molecule is O=C(O)CNC(=O)c1nc2ccccc2n(C2C[C@H]3CC[C@@H](C2)N3C2CCCCCCC2)c1=O. The standard InChI is InChI=1S/C26H34N4O4/c31-23(32)16-27-25(33)24-26(34)30(22-11-7-6-10-21(22)28-24)20-14-18-12-13-19(15-20)29(18)17-8-4-2-1-3-5-9-17/h6-7,10-11,17-20H,1-5,8-9,12-16H2,(H,27,33)(H,31,32)/t18-,19+,20?. The number of carbonyl (C=O) groups excluding carboxylic acids is 1. The van der Waals surface area contributed by atoms with Crippen molar-refractivity contribution in [3.05, 3.63) is 40.3 Å². The topological polar surface area (TPSA) is 105 Å². The highest BCUT2D eigenvalue weighted by molar-refractivity contribution is 5.95. The summed E-state index contributed by atoms with van der Waals surface area (Å²) in [6.07, 6.45) is 13.4. The number of nitrogens with one attached hydrogen (secondary N) is 1. The molecule has 34 heavy (non-hydrogen) atoms. The average molecular weight is 467 g/mol. The highest BCUT2D eigenvalue weighted by Gasteiger charge is 2.44. The second kappa shape index (κ2) is 9.86. The van der Waals surface area contributed by atoms with E-state index >= 15 is 0 Å². The molecule has 0 spiro atoms. The summed E-state index contributed by atoms with van der Waals surface area (Å²) in [6.45, 7) is -0.545. The van der Waals surface area contributed by atoms with Gasteiger partial charge in [-0.2, -0.15) is 0 Å². The molecule has 2 aromatic rings. The number of rotatable bonds is 5. The van der Waals surface area contributed by atoms with Crippen LogP contribution in [0.3, 0.4) is 0 Å². The molecule has 2 aliphatic heterocycles. The molecule has 1 aromatic carbocycles. The van der Waals surface area contributed by atoms with Crippen LogP contribution in [0.15, 0.2) is 29.1 Å². The van der Waals surface area contributed by atoms with Crippen molar-refractivity contribution in [2.45, 2.75) is 94.8 Å². The lowest BCUT2D eigenvalue weighted by molar-refractivity contribution is -0.135. The molecule has 3 heterocycles. The van der Waals surface area contributed by atoms with Crippen LogP contribution in [0.4, 0.5) is 0 Å². The Bertz CT molecular complexity index is 1110. The Morgan fingerprint density at radius 3 is 2.24 bits per heavy atom. The van der Waals surface area contributed by atoms with Crippen LogP contribution in [0.5, 0.6) is 0 Å². The number of nitrogens with zero attached hydrogens (tertiary/aromatic N) is 3. The number of benzene rings is 1. The van der Waals surface area contributed by atoms with E-state index in [0.717, 1.165) is 18.4 Å². The number of carboxylic acid groups (broad SMARTS) is 1. The van der Waals surface area contributed by atoms with E-state index in [2.05, 4.69) is 15.2 Å². The molecule has 3 fully saturated rings. The minimum Gasteiger partial charge on any atom is -0.480 e. The quantitative estimate of drug-likeness (QED) is 0.699. The van der Waals surface area contributed by atoms with E-state index in [4.69, 9.17) is 5.11 Å². The van der Waals surface area contributed by atoms with E-state index in [-0.39, 0.29) is 11.7 Å². The van der Waals surface area contributed by atoms with Gasteiger partial charge < -0.3 is 15.0 Å². The molecule has 3 atom stereocenters. The van der Waals surface area contributed by atoms with Crippen molar-refractivity contribution in [3.8, 4) is 0 Å².